The number of fused-ring (bicyclic) bond motifs is 1. The lowest BCUT2D eigenvalue weighted by atomic mass is 10.0. The van der Waals surface area contributed by atoms with E-state index in [-0.39, 0.29) is 29.5 Å². The first-order valence-electron chi connectivity index (χ1n) is 12.5. The highest BCUT2D eigenvalue weighted by Crippen LogP contribution is 2.39. The lowest BCUT2D eigenvalue weighted by Gasteiger charge is -2.36. The first-order chi connectivity index (χ1) is 17.0. The predicted molar refractivity (Wildman–Crippen MR) is 136 cm³/mol. The number of nitrogens with zero attached hydrogens (tertiary/aromatic N) is 4. The summed E-state index contributed by atoms with van der Waals surface area (Å²) in [6, 6.07) is 3.11. The van der Waals surface area contributed by atoms with Gasteiger partial charge < -0.3 is 15.3 Å². The molecule has 4 N–H and O–H groups in total. The van der Waals surface area contributed by atoms with Crippen molar-refractivity contribution in [2.75, 3.05) is 29.9 Å². The lowest BCUT2D eigenvalue weighted by molar-refractivity contribution is 0.0634. The van der Waals surface area contributed by atoms with Crippen LogP contribution >= 0.6 is 0 Å². The van der Waals surface area contributed by atoms with Crippen molar-refractivity contribution >= 4 is 27.3 Å². The van der Waals surface area contributed by atoms with Gasteiger partial charge in [-0.05, 0) is 51.7 Å². The van der Waals surface area contributed by atoms with Crippen LogP contribution in [0.5, 0.6) is 0 Å². The Balaban J connectivity index is 1.60. The minimum Gasteiger partial charge on any atom is -0.393 e. The molecule has 11 nitrogen and oxygen atoms in total. The van der Waals surface area contributed by atoms with Crippen molar-refractivity contribution in [2.45, 2.75) is 68.7 Å². The van der Waals surface area contributed by atoms with E-state index in [0.29, 0.717) is 49.4 Å². The van der Waals surface area contributed by atoms with Gasteiger partial charge in [-0.25, -0.2) is 18.6 Å². The Bertz CT molecular complexity index is 1250. The molecule has 196 valence electrons. The summed E-state index contributed by atoms with van der Waals surface area (Å²) in [5, 5.41) is 19.2. The summed E-state index contributed by atoms with van der Waals surface area (Å²) >= 11 is 0. The first-order valence-corrected chi connectivity index (χ1v) is 14.0. The van der Waals surface area contributed by atoms with Gasteiger partial charge in [-0.1, -0.05) is 0 Å². The molecule has 2 fully saturated rings. The minimum absolute atomic E-state index is 0.0339. The van der Waals surface area contributed by atoms with Gasteiger partial charge in [0.15, 0.2) is 0 Å². The largest absolute Gasteiger partial charge is 0.393 e. The van der Waals surface area contributed by atoms with E-state index < -0.39 is 15.6 Å². The van der Waals surface area contributed by atoms with E-state index in [0.717, 1.165) is 18.4 Å². The van der Waals surface area contributed by atoms with Gasteiger partial charge in [0.2, 0.25) is 10.0 Å². The average Bonchev–Trinajstić information content (AvgIpc) is 3.39. The molecule has 1 saturated heterocycles. The number of hydrogen-bond donors (Lipinski definition) is 4. The van der Waals surface area contributed by atoms with Gasteiger partial charge >= 0.3 is 0 Å². The van der Waals surface area contributed by atoms with Gasteiger partial charge in [-0.3, -0.25) is 14.5 Å². The topological polar surface area (TPSA) is 132 Å². The van der Waals surface area contributed by atoms with Crippen LogP contribution in [-0.2, 0) is 23.6 Å². The summed E-state index contributed by atoms with van der Waals surface area (Å²) in [4.78, 5) is 16.0. The van der Waals surface area contributed by atoms with Crippen molar-refractivity contribution in [1.82, 2.24) is 24.9 Å². The Morgan fingerprint density at radius 2 is 1.97 bits per heavy atom. The second-order valence-corrected chi connectivity index (χ2v) is 12.3. The number of carbonyl (C=O) groups is 1. The number of anilines is 2. The molecular formula is C24H35N7O4S. The van der Waals surface area contributed by atoms with Gasteiger partial charge in [0.1, 0.15) is 0 Å². The third-order valence-corrected chi connectivity index (χ3v) is 8.76. The van der Waals surface area contributed by atoms with Gasteiger partial charge in [-0.2, -0.15) is 5.10 Å². The number of amides is 1. The Morgan fingerprint density at radius 3 is 2.61 bits per heavy atom. The van der Waals surface area contributed by atoms with E-state index in [1.54, 1.807) is 16.9 Å². The fourth-order valence-electron chi connectivity index (χ4n) is 4.73. The number of aliphatic hydroxyl groups is 1. The molecule has 5 rings (SSSR count). The van der Waals surface area contributed by atoms with Crippen LogP contribution in [0.4, 0.5) is 11.4 Å². The molecule has 0 radical (unpaired) electrons. The summed E-state index contributed by atoms with van der Waals surface area (Å²) in [6.45, 7) is 5.84. The summed E-state index contributed by atoms with van der Waals surface area (Å²) in [5.74, 6) is -0.318. The highest BCUT2D eigenvalue weighted by molar-refractivity contribution is 7.89. The number of sulfonamides is 1. The second kappa shape index (κ2) is 9.33. The van der Waals surface area contributed by atoms with Crippen LogP contribution in [0.25, 0.3) is 0 Å². The van der Waals surface area contributed by atoms with Gasteiger partial charge in [0.25, 0.3) is 5.91 Å². The number of carbonyl (C=O) groups excluding carboxylic acids is 1. The van der Waals surface area contributed by atoms with E-state index in [9.17, 15) is 18.3 Å². The van der Waals surface area contributed by atoms with E-state index >= 15 is 0 Å². The quantitative estimate of drug-likeness (QED) is 0.449. The van der Waals surface area contributed by atoms with Crippen molar-refractivity contribution < 1.29 is 18.3 Å². The van der Waals surface area contributed by atoms with Crippen molar-refractivity contribution in [2.24, 2.45) is 7.05 Å². The molecule has 0 unspecified atom stereocenters. The molecule has 3 heterocycles. The first kappa shape index (κ1) is 25.0. The Morgan fingerprint density at radius 1 is 1.25 bits per heavy atom. The number of aliphatic hydroxyl groups excluding tert-OH is 1. The molecule has 1 saturated carbocycles. The molecule has 1 aromatic heterocycles. The number of rotatable bonds is 6. The van der Waals surface area contributed by atoms with E-state index in [1.807, 2.05) is 27.1 Å². The molecule has 12 heteroatoms. The molecule has 1 atom stereocenters. The normalized spacial score (nSPS) is 22.6. The highest BCUT2D eigenvalue weighted by atomic mass is 32.2. The molecule has 2 aromatic rings. The minimum atomic E-state index is -3.85. The van der Waals surface area contributed by atoms with Gasteiger partial charge in [0.05, 0.1) is 40.7 Å². The van der Waals surface area contributed by atoms with Crippen LogP contribution in [0.2, 0.25) is 0 Å². The smallest absolute Gasteiger partial charge is 0.270 e. The van der Waals surface area contributed by atoms with Gasteiger partial charge in [-0.15, -0.1) is 0 Å². The molecule has 1 aromatic carbocycles. The zero-order valence-corrected chi connectivity index (χ0v) is 21.8. The molecule has 1 aliphatic carbocycles. The standard InChI is InChI=1S/C24H35N7O4S/c1-16-12-26-31(15-17-13-25-29(3)14-17)23(33)20-10-19(36(34,35)28-24(2)6-7-24)11-21(22(20)27-16)30-8-4-18(32)5-9-30/h10-11,13-14,16,18,26-28,32H,4-9,12,15H2,1-3H3/t16-/m1/s1. The lowest BCUT2D eigenvalue weighted by Crippen LogP contribution is -2.49. The van der Waals surface area contributed by atoms with Crippen LogP contribution in [0.15, 0.2) is 29.4 Å². The van der Waals surface area contributed by atoms with Crippen LogP contribution < -0.4 is 20.4 Å². The summed E-state index contributed by atoms with van der Waals surface area (Å²) in [6.07, 6.45) is 5.92. The number of hydrazine groups is 1. The maximum absolute atomic E-state index is 13.9. The number of benzene rings is 1. The fourth-order valence-corrected chi connectivity index (χ4v) is 6.24. The molecular weight excluding hydrogens is 482 g/mol. The summed E-state index contributed by atoms with van der Waals surface area (Å²) in [7, 11) is -2.03. The highest BCUT2D eigenvalue weighted by Gasteiger charge is 2.42. The van der Waals surface area contributed by atoms with Crippen LogP contribution in [0, 0.1) is 0 Å². The molecule has 0 bridgehead atoms. The Kier molecular flexibility index (Phi) is 6.48. The van der Waals surface area contributed by atoms with Crippen molar-refractivity contribution in [3.05, 3.63) is 35.7 Å². The molecule has 0 spiro atoms. The zero-order valence-electron chi connectivity index (χ0n) is 21.0. The third kappa shape index (κ3) is 5.22. The summed E-state index contributed by atoms with van der Waals surface area (Å²) < 4.78 is 31.3. The van der Waals surface area contributed by atoms with E-state index in [4.69, 9.17) is 0 Å². The van der Waals surface area contributed by atoms with E-state index in [2.05, 4.69) is 25.5 Å². The summed E-state index contributed by atoms with van der Waals surface area (Å²) in [5.41, 5.74) is 5.21. The van der Waals surface area contributed by atoms with Crippen molar-refractivity contribution in [3.63, 3.8) is 0 Å². The number of piperidine rings is 1. The number of nitrogens with one attached hydrogen (secondary N) is 3. The molecule has 2 aliphatic heterocycles. The third-order valence-electron chi connectivity index (χ3n) is 7.14. The fraction of sp³-hybridized carbons (Fsp3) is 0.583. The number of hydrogen-bond acceptors (Lipinski definition) is 8. The molecule has 3 aliphatic rings. The van der Waals surface area contributed by atoms with Crippen LogP contribution in [0.3, 0.4) is 0 Å². The number of aryl methyl sites for hydroxylation is 1. The zero-order chi connectivity index (χ0) is 25.7. The van der Waals surface area contributed by atoms with Crippen molar-refractivity contribution in [1.29, 1.82) is 0 Å². The Hall–Kier alpha value is -2.67. The second-order valence-electron chi connectivity index (χ2n) is 10.6. The number of aromatic nitrogens is 2. The monoisotopic (exact) mass is 517 g/mol. The van der Waals surface area contributed by atoms with Crippen molar-refractivity contribution in [3.8, 4) is 0 Å². The molecule has 36 heavy (non-hydrogen) atoms. The van der Waals surface area contributed by atoms with E-state index in [1.165, 1.54) is 11.1 Å². The van der Waals surface area contributed by atoms with Crippen LogP contribution in [-0.4, -0.2) is 71.5 Å². The SMILES string of the molecule is C[C@@H]1CNN(Cc2cnn(C)c2)C(=O)c2cc(S(=O)(=O)NC3(C)CC3)cc(N3CCC(O)CC3)c2N1. The maximum atomic E-state index is 13.9. The average molecular weight is 518 g/mol. The Labute approximate surface area is 211 Å². The molecule has 1 amide bonds. The van der Waals surface area contributed by atoms with Gasteiger partial charge in [0, 0.05) is 50.0 Å². The predicted octanol–water partition coefficient (Wildman–Crippen LogP) is 1.17. The van der Waals surface area contributed by atoms with Crippen LogP contribution in [0.1, 0.15) is 55.5 Å². The maximum Gasteiger partial charge on any atom is 0.270 e.